The maximum Gasteiger partial charge on any atom is 0.225 e. The van der Waals surface area contributed by atoms with Crippen molar-refractivity contribution in [3.05, 3.63) is 35.2 Å². The van der Waals surface area contributed by atoms with Crippen LogP contribution in [0.15, 0.2) is 12.4 Å². The van der Waals surface area contributed by atoms with Gasteiger partial charge in [0, 0.05) is 50.0 Å². The highest BCUT2D eigenvalue weighted by atomic mass is 15.3. The number of nitrogens with one attached hydrogen (secondary N) is 1. The van der Waals surface area contributed by atoms with Crippen molar-refractivity contribution >= 4 is 5.95 Å². The van der Waals surface area contributed by atoms with Gasteiger partial charge in [-0.25, -0.2) is 15.0 Å². The van der Waals surface area contributed by atoms with Crippen molar-refractivity contribution in [1.82, 2.24) is 24.8 Å². The molecule has 4 heterocycles. The van der Waals surface area contributed by atoms with Crippen molar-refractivity contribution in [2.24, 2.45) is 5.92 Å². The Hall–Kier alpha value is -1.95. The average Bonchev–Trinajstić information content (AvgIpc) is 3.22. The van der Waals surface area contributed by atoms with Crippen molar-refractivity contribution < 1.29 is 0 Å². The Kier molecular flexibility index (Phi) is 4.46. The lowest BCUT2D eigenvalue weighted by Gasteiger charge is -2.31. The zero-order valence-corrected chi connectivity index (χ0v) is 15.5. The smallest absolute Gasteiger partial charge is 0.225 e. The third-order valence-corrected chi connectivity index (χ3v) is 5.28. The molecule has 1 fully saturated rings. The van der Waals surface area contributed by atoms with Gasteiger partial charge in [-0.05, 0) is 31.7 Å². The molecular weight excluding hydrogens is 312 g/mol. The molecule has 1 N–H and O–H groups in total. The molecule has 0 unspecified atom stereocenters. The zero-order chi connectivity index (χ0) is 17.4. The van der Waals surface area contributed by atoms with Crippen LogP contribution in [0.5, 0.6) is 0 Å². The molecule has 1 saturated heterocycles. The van der Waals surface area contributed by atoms with E-state index in [1.807, 2.05) is 6.33 Å². The number of aromatic nitrogens is 4. The summed E-state index contributed by atoms with van der Waals surface area (Å²) in [5.41, 5.74) is 4.77. The molecule has 4 rings (SSSR count). The van der Waals surface area contributed by atoms with Crippen molar-refractivity contribution in [2.75, 3.05) is 24.5 Å². The van der Waals surface area contributed by atoms with Crippen LogP contribution in [0.3, 0.4) is 0 Å². The number of anilines is 1. The summed E-state index contributed by atoms with van der Waals surface area (Å²) in [6.45, 7) is 10.7. The molecule has 0 saturated carbocycles. The van der Waals surface area contributed by atoms with Crippen LogP contribution in [0.2, 0.25) is 0 Å². The second-order valence-electron chi connectivity index (χ2n) is 7.84. The summed E-state index contributed by atoms with van der Waals surface area (Å²) < 4.78 is 0. The third-order valence-electron chi connectivity index (χ3n) is 5.28. The molecule has 2 aromatic rings. The van der Waals surface area contributed by atoms with Crippen LogP contribution >= 0.6 is 0 Å². The summed E-state index contributed by atoms with van der Waals surface area (Å²) in [4.78, 5) is 22.2. The molecule has 0 bridgehead atoms. The monoisotopic (exact) mass is 340 g/mol. The molecular formula is C19H28N6. The van der Waals surface area contributed by atoms with Crippen LogP contribution in [0.4, 0.5) is 5.95 Å². The Labute approximate surface area is 149 Å². The van der Waals surface area contributed by atoms with Crippen LogP contribution in [-0.2, 0) is 19.4 Å². The van der Waals surface area contributed by atoms with Gasteiger partial charge in [0.05, 0.1) is 17.7 Å². The predicted molar refractivity (Wildman–Crippen MR) is 98.6 cm³/mol. The van der Waals surface area contributed by atoms with Gasteiger partial charge in [0.15, 0.2) is 0 Å². The standard InChI is InChI=1S/C19H28N6/c1-13(2)8-15-9-14(3)22-19(23-15)25-6-4-16(10-25)24-7-5-17-18(11-24)21-12-20-17/h9,12-13,16H,4-8,10-11H2,1-3H3,(H,20,21)/t16-/m0/s1. The Bertz CT molecular complexity index is 737. The predicted octanol–water partition coefficient (Wildman–Crippen LogP) is 2.34. The molecule has 0 aromatic carbocycles. The van der Waals surface area contributed by atoms with E-state index in [0.29, 0.717) is 12.0 Å². The SMILES string of the molecule is Cc1cc(CC(C)C)nc(N2CC[C@H](N3CCc4nc[nH]c4C3)C2)n1. The van der Waals surface area contributed by atoms with E-state index in [2.05, 4.69) is 46.6 Å². The first-order chi connectivity index (χ1) is 12.1. The van der Waals surface area contributed by atoms with Crippen LogP contribution in [0, 0.1) is 12.8 Å². The van der Waals surface area contributed by atoms with Crippen LogP contribution in [0.1, 0.15) is 43.0 Å². The summed E-state index contributed by atoms with van der Waals surface area (Å²) in [6.07, 6.45) is 5.07. The Morgan fingerprint density at radius 3 is 3.00 bits per heavy atom. The summed E-state index contributed by atoms with van der Waals surface area (Å²) in [5.74, 6) is 1.53. The van der Waals surface area contributed by atoms with Gasteiger partial charge in [-0.1, -0.05) is 13.8 Å². The maximum absolute atomic E-state index is 4.84. The summed E-state index contributed by atoms with van der Waals surface area (Å²) in [7, 11) is 0. The number of aryl methyl sites for hydroxylation is 1. The maximum atomic E-state index is 4.84. The molecule has 6 heteroatoms. The molecule has 0 spiro atoms. The van der Waals surface area contributed by atoms with Crippen molar-refractivity contribution in [2.45, 2.75) is 52.6 Å². The fourth-order valence-corrected chi connectivity index (χ4v) is 4.05. The Morgan fingerprint density at radius 2 is 2.16 bits per heavy atom. The van der Waals surface area contributed by atoms with E-state index in [0.717, 1.165) is 50.7 Å². The zero-order valence-electron chi connectivity index (χ0n) is 15.5. The normalized spacial score (nSPS) is 21.1. The first-order valence-corrected chi connectivity index (χ1v) is 9.43. The van der Waals surface area contributed by atoms with E-state index in [1.54, 1.807) is 0 Å². The third kappa shape index (κ3) is 3.54. The summed E-state index contributed by atoms with van der Waals surface area (Å²) in [6, 6.07) is 2.70. The van der Waals surface area contributed by atoms with E-state index in [1.165, 1.54) is 23.5 Å². The van der Waals surface area contributed by atoms with Gasteiger partial charge in [-0.2, -0.15) is 0 Å². The molecule has 134 valence electrons. The van der Waals surface area contributed by atoms with E-state index >= 15 is 0 Å². The highest BCUT2D eigenvalue weighted by Crippen LogP contribution is 2.25. The largest absolute Gasteiger partial charge is 0.347 e. The first-order valence-electron chi connectivity index (χ1n) is 9.43. The van der Waals surface area contributed by atoms with Gasteiger partial charge in [-0.15, -0.1) is 0 Å². The molecule has 0 aliphatic carbocycles. The molecule has 1 atom stereocenters. The van der Waals surface area contributed by atoms with Crippen molar-refractivity contribution in [3.63, 3.8) is 0 Å². The number of H-pyrrole nitrogens is 1. The summed E-state index contributed by atoms with van der Waals surface area (Å²) >= 11 is 0. The highest BCUT2D eigenvalue weighted by Gasteiger charge is 2.31. The second kappa shape index (κ2) is 6.75. The number of aromatic amines is 1. The van der Waals surface area contributed by atoms with Crippen molar-refractivity contribution in [3.8, 4) is 0 Å². The van der Waals surface area contributed by atoms with Crippen LogP contribution in [-0.4, -0.2) is 50.5 Å². The van der Waals surface area contributed by atoms with Gasteiger partial charge >= 0.3 is 0 Å². The van der Waals surface area contributed by atoms with E-state index < -0.39 is 0 Å². The molecule has 2 aromatic heterocycles. The number of nitrogens with zero attached hydrogens (tertiary/aromatic N) is 5. The van der Waals surface area contributed by atoms with E-state index in [9.17, 15) is 0 Å². The number of hydrogen-bond acceptors (Lipinski definition) is 5. The van der Waals surface area contributed by atoms with E-state index in [4.69, 9.17) is 9.97 Å². The fourth-order valence-electron chi connectivity index (χ4n) is 4.05. The van der Waals surface area contributed by atoms with Crippen LogP contribution in [0.25, 0.3) is 0 Å². The molecule has 6 nitrogen and oxygen atoms in total. The van der Waals surface area contributed by atoms with Crippen molar-refractivity contribution in [1.29, 1.82) is 0 Å². The van der Waals surface area contributed by atoms with Gasteiger partial charge in [0.25, 0.3) is 0 Å². The molecule has 0 radical (unpaired) electrons. The quantitative estimate of drug-likeness (QED) is 0.926. The molecule has 25 heavy (non-hydrogen) atoms. The number of fused-ring (bicyclic) bond motifs is 1. The van der Waals surface area contributed by atoms with E-state index in [-0.39, 0.29) is 0 Å². The lowest BCUT2D eigenvalue weighted by molar-refractivity contribution is 0.188. The van der Waals surface area contributed by atoms with Gasteiger partial charge in [-0.3, -0.25) is 4.90 Å². The molecule has 2 aliphatic rings. The minimum absolute atomic E-state index is 0.578. The Morgan fingerprint density at radius 1 is 1.28 bits per heavy atom. The van der Waals surface area contributed by atoms with Crippen LogP contribution < -0.4 is 4.90 Å². The number of rotatable bonds is 4. The Balaban J connectivity index is 1.45. The lowest BCUT2D eigenvalue weighted by Crippen LogP contribution is -2.41. The topological polar surface area (TPSA) is 60.9 Å². The number of imidazole rings is 1. The van der Waals surface area contributed by atoms with Gasteiger partial charge in [0.1, 0.15) is 0 Å². The molecule has 0 amide bonds. The second-order valence-corrected chi connectivity index (χ2v) is 7.84. The summed E-state index contributed by atoms with van der Waals surface area (Å²) in [5, 5.41) is 0. The minimum atomic E-state index is 0.578. The van der Waals surface area contributed by atoms with Gasteiger partial charge in [0.2, 0.25) is 5.95 Å². The molecule has 2 aliphatic heterocycles. The first kappa shape index (κ1) is 16.5. The van der Waals surface area contributed by atoms with Gasteiger partial charge < -0.3 is 9.88 Å². The average molecular weight is 340 g/mol. The fraction of sp³-hybridized carbons (Fsp3) is 0.632. The highest BCUT2D eigenvalue weighted by molar-refractivity contribution is 5.35. The lowest BCUT2D eigenvalue weighted by atomic mass is 10.1. The number of hydrogen-bond donors (Lipinski definition) is 1. The minimum Gasteiger partial charge on any atom is -0.347 e.